The average molecular weight is 710 g/mol. The Bertz CT molecular complexity index is 1930. The first-order valence-corrected chi connectivity index (χ1v) is 21.4. The van der Waals surface area contributed by atoms with Crippen molar-refractivity contribution in [3.63, 3.8) is 0 Å². The Morgan fingerprint density at radius 1 is 0.941 bits per heavy atom. The minimum Gasteiger partial charge on any atom is -0.413 e. The minimum absolute atomic E-state index is 0.0305. The van der Waals surface area contributed by atoms with Crippen LogP contribution in [0.3, 0.4) is 0 Å². The lowest BCUT2D eigenvalue weighted by Crippen LogP contribution is -2.53. The van der Waals surface area contributed by atoms with Crippen molar-refractivity contribution in [3.8, 4) is 0 Å². The van der Waals surface area contributed by atoms with Gasteiger partial charge >= 0.3 is 0 Å². The molecule has 0 unspecified atom stereocenters. The molecule has 11 heteroatoms. The number of aromatic nitrogens is 4. The number of rotatable bonds is 10. The van der Waals surface area contributed by atoms with Crippen molar-refractivity contribution >= 4 is 42.6 Å². The van der Waals surface area contributed by atoms with Gasteiger partial charge in [-0.2, -0.15) is 4.98 Å². The number of nitrogens with one attached hydrogen (secondary N) is 1. The molecule has 1 aliphatic carbocycles. The third-order valence-electron chi connectivity index (χ3n) is 11.7. The first-order valence-electron chi connectivity index (χ1n) is 18.5. The van der Waals surface area contributed by atoms with Gasteiger partial charge in [0.25, 0.3) is 5.56 Å². The highest BCUT2D eigenvalue weighted by Crippen LogP contribution is 2.37. The van der Waals surface area contributed by atoms with Crippen LogP contribution in [0.1, 0.15) is 100 Å². The number of nitrogens with zero attached hydrogens (tertiary/aromatic N) is 6. The van der Waals surface area contributed by atoms with Gasteiger partial charge in [0.05, 0.1) is 24.1 Å². The Morgan fingerprint density at radius 2 is 1.61 bits per heavy atom. The van der Waals surface area contributed by atoms with Crippen LogP contribution < -0.4 is 15.8 Å². The summed E-state index contributed by atoms with van der Waals surface area (Å²) in [5, 5.41) is 4.17. The second-order valence-electron chi connectivity index (χ2n) is 16.4. The molecule has 1 saturated heterocycles. The monoisotopic (exact) mass is 709 g/mol. The summed E-state index contributed by atoms with van der Waals surface area (Å²) in [5.41, 5.74) is 4.70. The maximum absolute atomic E-state index is 13.6. The number of benzene rings is 1. The van der Waals surface area contributed by atoms with Gasteiger partial charge in [-0.15, -0.1) is 0 Å². The number of ketones is 1. The lowest BCUT2D eigenvalue weighted by molar-refractivity contribution is 0.101. The molecule has 0 atom stereocenters. The summed E-state index contributed by atoms with van der Waals surface area (Å²) < 4.78 is 8.19. The molecule has 2 aliphatic rings. The highest BCUT2D eigenvalue weighted by Gasteiger charge is 2.37. The van der Waals surface area contributed by atoms with Crippen LogP contribution in [0, 0.1) is 6.92 Å². The second kappa shape index (κ2) is 14.2. The van der Waals surface area contributed by atoms with Crippen LogP contribution in [0.2, 0.25) is 18.1 Å². The quantitative estimate of drug-likeness (QED) is 0.129. The Kier molecular flexibility index (Phi) is 10.3. The maximum Gasteiger partial charge on any atom is 0.263 e. The van der Waals surface area contributed by atoms with Gasteiger partial charge in [-0.05, 0) is 87.5 Å². The summed E-state index contributed by atoms with van der Waals surface area (Å²) >= 11 is 0. The molecular formula is C40H55N7O3Si. The molecule has 272 valence electrons. The molecule has 4 heterocycles. The van der Waals surface area contributed by atoms with Gasteiger partial charge in [0.1, 0.15) is 11.5 Å². The molecule has 1 saturated carbocycles. The van der Waals surface area contributed by atoms with E-state index < -0.39 is 8.32 Å². The number of anilines is 3. The maximum atomic E-state index is 13.6. The predicted octanol–water partition coefficient (Wildman–Crippen LogP) is 8.14. The van der Waals surface area contributed by atoms with Gasteiger partial charge in [0.15, 0.2) is 14.1 Å². The van der Waals surface area contributed by atoms with Crippen molar-refractivity contribution < 1.29 is 9.22 Å². The molecule has 1 aromatic carbocycles. The van der Waals surface area contributed by atoms with Crippen molar-refractivity contribution in [2.75, 3.05) is 36.4 Å². The number of carbonyl (C=O) groups excluding carboxylic acids is 1. The third-order valence-corrected chi connectivity index (χ3v) is 16.2. The highest BCUT2D eigenvalue weighted by atomic mass is 28.4. The fourth-order valence-electron chi connectivity index (χ4n) is 7.27. The molecule has 3 aromatic heterocycles. The van der Waals surface area contributed by atoms with Crippen LogP contribution in [0.5, 0.6) is 0 Å². The zero-order valence-corrected chi connectivity index (χ0v) is 33.0. The van der Waals surface area contributed by atoms with Gasteiger partial charge in [-0.3, -0.25) is 19.1 Å². The normalized spacial score (nSPS) is 16.6. The topological polar surface area (TPSA) is 105 Å². The predicted molar refractivity (Wildman–Crippen MR) is 209 cm³/mol. The molecule has 10 nitrogen and oxygen atoms in total. The standard InChI is InChI=1S/C40H55N7O3Si/c1-27-33-25-42-38(44-36(33)47(31-12-10-11-13-31)37(49)35(27)28(2)48)43-34-19-18-32(24-41-34)45-20-22-46(23-21-45)40(6,7)30-16-14-29(15-17-30)26-50-51(8,9)39(3,4)5/h14-19,24-25,31H,10-13,20-23,26H2,1-9H3,(H,41,42,43,44). The first kappa shape index (κ1) is 36.8. The van der Waals surface area contributed by atoms with Crippen LogP contribution in [-0.2, 0) is 16.6 Å². The van der Waals surface area contributed by atoms with Gasteiger partial charge in [0, 0.05) is 49.3 Å². The summed E-state index contributed by atoms with van der Waals surface area (Å²) in [6.45, 7) is 23.7. The largest absolute Gasteiger partial charge is 0.413 e. The molecule has 4 aromatic rings. The second-order valence-corrected chi connectivity index (χ2v) is 21.2. The van der Waals surface area contributed by atoms with Crippen LogP contribution in [0.4, 0.5) is 17.5 Å². The Balaban J connectivity index is 1.10. The number of aryl methyl sites for hydroxylation is 1. The highest BCUT2D eigenvalue weighted by molar-refractivity contribution is 6.74. The van der Waals surface area contributed by atoms with Crippen LogP contribution in [0.25, 0.3) is 11.0 Å². The van der Waals surface area contributed by atoms with E-state index in [-0.39, 0.29) is 33.5 Å². The minimum atomic E-state index is -1.79. The third kappa shape index (κ3) is 7.52. The number of pyridine rings is 2. The Morgan fingerprint density at radius 3 is 2.20 bits per heavy atom. The van der Waals surface area contributed by atoms with E-state index in [1.165, 1.54) is 18.1 Å². The number of hydrogen-bond donors (Lipinski definition) is 1. The van der Waals surface area contributed by atoms with Crippen molar-refractivity contribution in [2.45, 2.75) is 110 Å². The van der Waals surface area contributed by atoms with E-state index in [1.807, 2.05) is 12.3 Å². The van der Waals surface area contributed by atoms with Crippen molar-refractivity contribution in [3.05, 3.63) is 81.4 Å². The summed E-state index contributed by atoms with van der Waals surface area (Å²) in [4.78, 5) is 45.0. The van der Waals surface area contributed by atoms with Gasteiger partial charge < -0.3 is 14.6 Å². The van der Waals surface area contributed by atoms with Gasteiger partial charge in [-0.1, -0.05) is 57.9 Å². The fraction of sp³-hybridized carbons (Fsp3) is 0.525. The van der Waals surface area contributed by atoms with Crippen molar-refractivity contribution in [1.82, 2.24) is 24.4 Å². The first-order chi connectivity index (χ1) is 24.1. The van der Waals surface area contributed by atoms with Crippen LogP contribution in [0.15, 0.2) is 53.6 Å². The van der Waals surface area contributed by atoms with Crippen LogP contribution >= 0.6 is 0 Å². The molecule has 51 heavy (non-hydrogen) atoms. The zero-order chi connectivity index (χ0) is 36.7. The molecule has 2 fully saturated rings. The number of piperazine rings is 1. The number of fused-ring (bicyclic) bond motifs is 1. The van der Waals surface area contributed by atoms with Gasteiger partial charge in [-0.25, -0.2) is 9.97 Å². The summed E-state index contributed by atoms with van der Waals surface area (Å²) in [5.74, 6) is 0.773. The lowest BCUT2D eigenvalue weighted by atomic mass is 9.91. The van der Waals surface area contributed by atoms with Crippen molar-refractivity contribution in [2.24, 2.45) is 0 Å². The average Bonchev–Trinajstić information content (AvgIpc) is 3.62. The summed E-state index contributed by atoms with van der Waals surface area (Å²) in [6.07, 6.45) is 7.53. The lowest BCUT2D eigenvalue weighted by Gasteiger charge is -2.45. The van der Waals surface area contributed by atoms with E-state index in [9.17, 15) is 9.59 Å². The molecule has 0 radical (unpaired) electrons. The van der Waals surface area contributed by atoms with E-state index in [0.29, 0.717) is 29.6 Å². The molecule has 1 N–H and O–H groups in total. The van der Waals surface area contributed by atoms with Crippen molar-refractivity contribution in [1.29, 1.82) is 0 Å². The smallest absolute Gasteiger partial charge is 0.263 e. The van der Waals surface area contributed by atoms with Crippen LogP contribution in [-0.4, -0.2) is 64.7 Å². The van der Waals surface area contributed by atoms with E-state index >= 15 is 0 Å². The van der Waals surface area contributed by atoms with E-state index in [4.69, 9.17) is 14.4 Å². The molecule has 1 aliphatic heterocycles. The van der Waals surface area contributed by atoms with E-state index in [1.54, 1.807) is 17.7 Å². The van der Waals surface area contributed by atoms with Gasteiger partial charge in [0.2, 0.25) is 5.95 Å². The molecule has 0 spiro atoms. The number of Topliss-reactive ketones (excluding diaryl/α,β-unsaturated/α-hetero) is 1. The Labute approximate surface area is 303 Å². The number of hydrogen-bond acceptors (Lipinski definition) is 9. The summed E-state index contributed by atoms with van der Waals surface area (Å²) in [6, 6.07) is 13.1. The molecular weight excluding hydrogens is 655 g/mol. The summed E-state index contributed by atoms with van der Waals surface area (Å²) in [7, 11) is -1.79. The SMILES string of the molecule is CC(=O)c1c(C)c2cnc(Nc3ccc(N4CCN(C(C)(C)c5ccc(CO[Si](C)(C)C(C)(C)C)cc5)CC4)cn3)nc2n(C2CCCC2)c1=O. The molecule has 0 amide bonds. The Hall–Kier alpha value is -3.93. The molecule has 0 bridgehead atoms. The number of carbonyl (C=O) groups is 1. The molecule has 6 rings (SSSR count). The van der Waals surface area contributed by atoms with E-state index in [0.717, 1.165) is 62.9 Å². The fourth-order valence-corrected chi connectivity index (χ4v) is 8.23. The zero-order valence-electron chi connectivity index (χ0n) is 32.0. The van der Waals surface area contributed by atoms with E-state index in [2.05, 4.69) is 98.1 Å².